The van der Waals surface area contributed by atoms with Crippen LogP contribution < -0.4 is 0 Å². The van der Waals surface area contributed by atoms with Crippen LogP contribution in [0.25, 0.3) is 11.1 Å². The van der Waals surface area contributed by atoms with Gasteiger partial charge in [0.2, 0.25) is 0 Å². The number of nitrogens with zero attached hydrogens (tertiary/aromatic N) is 1. The second-order valence-corrected chi connectivity index (χ2v) is 8.19. The second kappa shape index (κ2) is 9.22. The second-order valence-electron chi connectivity index (χ2n) is 7.08. The van der Waals surface area contributed by atoms with Crippen molar-refractivity contribution in [2.24, 2.45) is 0 Å². The van der Waals surface area contributed by atoms with Crippen molar-refractivity contribution in [1.29, 1.82) is 0 Å². The van der Waals surface area contributed by atoms with E-state index in [0.717, 1.165) is 23.1 Å². The number of benzene rings is 2. The molecule has 1 amide bonds. The largest absolute Gasteiger partial charge is 0.472 e. The summed E-state index contributed by atoms with van der Waals surface area (Å²) >= 11 is 1.55. The van der Waals surface area contributed by atoms with E-state index >= 15 is 0 Å². The van der Waals surface area contributed by atoms with E-state index in [0.29, 0.717) is 17.9 Å². The lowest BCUT2D eigenvalue weighted by Crippen LogP contribution is -2.43. The van der Waals surface area contributed by atoms with Gasteiger partial charge >= 0.3 is 5.97 Å². The topological polar surface area (TPSA) is 59.8 Å². The molecule has 5 nitrogen and oxygen atoms in total. The lowest BCUT2D eigenvalue weighted by Gasteiger charge is -2.28. The molecule has 0 spiro atoms. The quantitative estimate of drug-likeness (QED) is 0.515. The van der Waals surface area contributed by atoms with Crippen molar-refractivity contribution in [3.8, 4) is 11.1 Å². The summed E-state index contributed by atoms with van der Waals surface area (Å²) in [4.78, 5) is 27.7. The van der Waals surface area contributed by atoms with Gasteiger partial charge in [-0.1, -0.05) is 49.4 Å². The van der Waals surface area contributed by atoms with Crippen LogP contribution in [0.5, 0.6) is 0 Å². The van der Waals surface area contributed by atoms with Gasteiger partial charge in [-0.05, 0) is 35.7 Å². The molecule has 30 heavy (non-hydrogen) atoms. The summed E-state index contributed by atoms with van der Waals surface area (Å²) in [5.74, 6) is -0.0551. The normalized spacial score (nSPS) is 18.4. The molecule has 1 saturated heterocycles. The molecule has 2 heterocycles. The van der Waals surface area contributed by atoms with Crippen molar-refractivity contribution in [1.82, 2.24) is 4.90 Å². The Bertz CT molecular complexity index is 986. The summed E-state index contributed by atoms with van der Waals surface area (Å²) in [7, 11) is 0. The zero-order valence-electron chi connectivity index (χ0n) is 16.7. The number of amides is 1. The molecule has 0 aliphatic carbocycles. The van der Waals surface area contributed by atoms with Crippen molar-refractivity contribution in [3.05, 3.63) is 84.3 Å². The highest BCUT2D eigenvalue weighted by atomic mass is 32.2. The molecule has 3 aromatic rings. The zero-order chi connectivity index (χ0) is 20.9. The Balaban J connectivity index is 1.61. The van der Waals surface area contributed by atoms with Crippen LogP contribution in [0, 0.1) is 0 Å². The SMILES string of the molecule is CCCOC(=O)C1CSC(c2ccoc2)N1C(=O)c1ccc(-c2ccccc2)cc1. The highest BCUT2D eigenvalue weighted by Gasteiger charge is 2.43. The van der Waals surface area contributed by atoms with E-state index in [4.69, 9.17) is 9.15 Å². The van der Waals surface area contributed by atoms with Crippen molar-refractivity contribution in [2.45, 2.75) is 24.8 Å². The summed E-state index contributed by atoms with van der Waals surface area (Å²) < 4.78 is 10.6. The predicted molar refractivity (Wildman–Crippen MR) is 117 cm³/mol. The van der Waals surface area contributed by atoms with Gasteiger partial charge in [0, 0.05) is 16.9 Å². The van der Waals surface area contributed by atoms with Crippen LogP contribution in [0.1, 0.15) is 34.6 Å². The van der Waals surface area contributed by atoms with Crippen molar-refractivity contribution in [2.75, 3.05) is 12.4 Å². The molecule has 0 saturated carbocycles. The van der Waals surface area contributed by atoms with E-state index in [1.54, 1.807) is 29.2 Å². The monoisotopic (exact) mass is 421 g/mol. The van der Waals surface area contributed by atoms with E-state index in [1.165, 1.54) is 0 Å². The molecule has 0 radical (unpaired) electrons. The zero-order valence-corrected chi connectivity index (χ0v) is 17.5. The number of thioether (sulfide) groups is 1. The average Bonchev–Trinajstić information content (AvgIpc) is 3.47. The fraction of sp³-hybridized carbons (Fsp3) is 0.250. The molecular formula is C24H23NO4S. The van der Waals surface area contributed by atoms with Gasteiger partial charge in [-0.3, -0.25) is 4.79 Å². The molecule has 0 N–H and O–H groups in total. The smallest absolute Gasteiger partial charge is 0.329 e. The van der Waals surface area contributed by atoms with Crippen LogP contribution in [0.4, 0.5) is 0 Å². The number of furan rings is 1. The van der Waals surface area contributed by atoms with Gasteiger partial charge in [-0.2, -0.15) is 0 Å². The van der Waals surface area contributed by atoms with E-state index < -0.39 is 6.04 Å². The maximum atomic E-state index is 13.5. The van der Waals surface area contributed by atoms with Crippen LogP contribution in [-0.4, -0.2) is 35.2 Å². The first-order valence-electron chi connectivity index (χ1n) is 9.97. The lowest BCUT2D eigenvalue weighted by molar-refractivity contribution is -0.148. The van der Waals surface area contributed by atoms with Crippen LogP contribution in [0.3, 0.4) is 0 Å². The Hall–Kier alpha value is -2.99. The molecule has 4 rings (SSSR count). The van der Waals surface area contributed by atoms with Crippen molar-refractivity contribution in [3.63, 3.8) is 0 Å². The number of rotatable bonds is 6. The van der Waals surface area contributed by atoms with Crippen LogP contribution in [0.15, 0.2) is 77.6 Å². The number of esters is 1. The van der Waals surface area contributed by atoms with Crippen molar-refractivity contribution >= 4 is 23.6 Å². The van der Waals surface area contributed by atoms with Gasteiger partial charge in [-0.25, -0.2) is 4.79 Å². The molecule has 1 fully saturated rings. The molecule has 2 atom stereocenters. The third kappa shape index (κ3) is 4.14. The Morgan fingerprint density at radius 3 is 2.47 bits per heavy atom. The molecule has 6 heteroatoms. The van der Waals surface area contributed by atoms with Crippen molar-refractivity contribution < 1.29 is 18.7 Å². The minimum absolute atomic E-state index is 0.190. The standard InChI is InChI=1S/C24H23NO4S/c1-2-13-29-24(27)21-16-30-23(20-12-14-28-15-20)25(21)22(26)19-10-8-18(9-11-19)17-6-4-3-5-7-17/h3-12,14-15,21,23H,2,13,16H2,1H3. The molecule has 2 aromatic carbocycles. The number of carbonyl (C=O) groups excluding carboxylic acids is 2. The van der Waals surface area contributed by atoms with E-state index in [2.05, 4.69) is 0 Å². The summed E-state index contributed by atoms with van der Waals surface area (Å²) in [5, 5.41) is -0.288. The molecule has 2 unspecified atom stereocenters. The van der Waals surface area contributed by atoms with Gasteiger partial charge in [0.15, 0.2) is 0 Å². The Morgan fingerprint density at radius 1 is 1.07 bits per heavy atom. The fourth-order valence-electron chi connectivity index (χ4n) is 3.49. The summed E-state index contributed by atoms with van der Waals surface area (Å²) in [6.07, 6.45) is 3.94. The van der Waals surface area contributed by atoms with Gasteiger partial charge in [0.1, 0.15) is 11.4 Å². The first-order chi connectivity index (χ1) is 14.7. The van der Waals surface area contributed by atoms with Gasteiger partial charge < -0.3 is 14.1 Å². The molecule has 1 aliphatic rings. The first-order valence-corrected chi connectivity index (χ1v) is 11.0. The number of ether oxygens (including phenoxy) is 1. The number of hydrogen-bond acceptors (Lipinski definition) is 5. The average molecular weight is 422 g/mol. The van der Waals surface area contributed by atoms with E-state index in [1.807, 2.05) is 67.6 Å². The molecule has 1 aromatic heterocycles. The van der Waals surface area contributed by atoms with Crippen LogP contribution in [-0.2, 0) is 9.53 Å². The van der Waals surface area contributed by atoms with Crippen LogP contribution in [0.2, 0.25) is 0 Å². The summed E-state index contributed by atoms with van der Waals surface area (Å²) in [5.41, 5.74) is 3.53. The van der Waals surface area contributed by atoms with Gasteiger partial charge in [0.25, 0.3) is 5.91 Å². The number of carbonyl (C=O) groups is 2. The Labute approximate surface area is 180 Å². The van der Waals surface area contributed by atoms with Crippen LogP contribution >= 0.6 is 11.8 Å². The molecule has 1 aliphatic heterocycles. The minimum atomic E-state index is -0.622. The fourth-order valence-corrected chi connectivity index (χ4v) is 4.88. The molecular weight excluding hydrogens is 398 g/mol. The van der Waals surface area contributed by atoms with Gasteiger partial charge in [0.05, 0.1) is 19.1 Å². The summed E-state index contributed by atoms with van der Waals surface area (Å²) in [6, 6.07) is 18.7. The van der Waals surface area contributed by atoms with E-state index in [9.17, 15) is 9.59 Å². The maximum Gasteiger partial charge on any atom is 0.329 e. The summed E-state index contributed by atoms with van der Waals surface area (Å²) in [6.45, 7) is 2.30. The third-order valence-electron chi connectivity index (χ3n) is 5.02. The Kier molecular flexibility index (Phi) is 6.23. The highest BCUT2D eigenvalue weighted by Crippen LogP contribution is 2.42. The Morgan fingerprint density at radius 2 is 1.80 bits per heavy atom. The molecule has 0 bridgehead atoms. The number of hydrogen-bond donors (Lipinski definition) is 0. The first kappa shape index (κ1) is 20.3. The maximum absolute atomic E-state index is 13.5. The minimum Gasteiger partial charge on any atom is -0.472 e. The third-order valence-corrected chi connectivity index (χ3v) is 6.35. The van der Waals surface area contributed by atoms with Gasteiger partial charge in [-0.15, -0.1) is 11.8 Å². The molecule has 154 valence electrons. The highest BCUT2D eigenvalue weighted by molar-refractivity contribution is 7.99. The predicted octanol–water partition coefficient (Wildman–Crippen LogP) is 5.16. The van der Waals surface area contributed by atoms with E-state index in [-0.39, 0.29) is 17.3 Å². The lowest BCUT2D eigenvalue weighted by atomic mass is 10.0.